The van der Waals surface area contributed by atoms with E-state index in [1.165, 1.54) is 7.11 Å². The van der Waals surface area contributed by atoms with Crippen LogP contribution in [0.25, 0.3) is 0 Å². The Balaban J connectivity index is 2.62. The molecule has 0 aromatic heterocycles. The van der Waals surface area contributed by atoms with Crippen LogP contribution in [0.1, 0.15) is 46.0 Å². The third-order valence-corrected chi connectivity index (χ3v) is 3.89. The van der Waals surface area contributed by atoms with Crippen LogP contribution in [-0.4, -0.2) is 37.0 Å². The van der Waals surface area contributed by atoms with Gasteiger partial charge in [-0.2, -0.15) is 0 Å². The van der Waals surface area contributed by atoms with Crippen molar-refractivity contribution >= 4 is 11.9 Å². The van der Waals surface area contributed by atoms with Crippen LogP contribution in [0.3, 0.4) is 0 Å². The summed E-state index contributed by atoms with van der Waals surface area (Å²) in [6.07, 6.45) is 6.29. The fraction of sp³-hybridized carbons (Fsp3) is 0.733. The normalized spacial score (nSPS) is 21.2. The van der Waals surface area contributed by atoms with Crippen LogP contribution in [0.2, 0.25) is 0 Å². The highest BCUT2D eigenvalue weighted by atomic mass is 16.5. The fourth-order valence-corrected chi connectivity index (χ4v) is 2.42. The minimum Gasteiger partial charge on any atom is -0.466 e. The van der Waals surface area contributed by atoms with E-state index in [1.807, 2.05) is 17.9 Å². The van der Waals surface area contributed by atoms with E-state index in [0.717, 1.165) is 25.8 Å². The van der Waals surface area contributed by atoms with E-state index in [-0.39, 0.29) is 11.9 Å². The molecular weight excluding hydrogens is 242 g/mol. The van der Waals surface area contributed by atoms with Crippen LogP contribution in [-0.2, 0) is 14.3 Å². The number of rotatable bonds is 5. The van der Waals surface area contributed by atoms with Gasteiger partial charge in [0, 0.05) is 25.1 Å². The topological polar surface area (TPSA) is 46.6 Å². The predicted molar refractivity (Wildman–Crippen MR) is 74.6 cm³/mol. The summed E-state index contributed by atoms with van der Waals surface area (Å²) in [5, 5.41) is 0. The van der Waals surface area contributed by atoms with Gasteiger partial charge in [0.2, 0.25) is 5.91 Å². The molecule has 1 amide bonds. The van der Waals surface area contributed by atoms with Crippen molar-refractivity contribution < 1.29 is 14.3 Å². The smallest absolute Gasteiger partial charge is 0.333 e. The molecule has 1 heterocycles. The second-order valence-electron chi connectivity index (χ2n) is 5.02. The number of hydrogen-bond acceptors (Lipinski definition) is 3. The molecule has 19 heavy (non-hydrogen) atoms. The lowest BCUT2D eigenvalue weighted by atomic mass is 9.98. The lowest BCUT2D eigenvalue weighted by Crippen LogP contribution is -2.30. The zero-order chi connectivity index (χ0) is 14.3. The summed E-state index contributed by atoms with van der Waals surface area (Å²) in [6, 6.07) is 0. The minimum absolute atomic E-state index is 0.201. The Morgan fingerprint density at radius 2 is 2.16 bits per heavy atom. The lowest BCUT2D eigenvalue weighted by Gasteiger charge is -2.19. The molecule has 1 fully saturated rings. The second-order valence-corrected chi connectivity index (χ2v) is 5.02. The molecule has 0 saturated carbocycles. The van der Waals surface area contributed by atoms with E-state index in [1.54, 1.807) is 0 Å². The fourth-order valence-electron chi connectivity index (χ4n) is 2.42. The van der Waals surface area contributed by atoms with Crippen LogP contribution in [0.4, 0.5) is 0 Å². The van der Waals surface area contributed by atoms with Crippen molar-refractivity contribution in [2.24, 2.45) is 5.92 Å². The summed E-state index contributed by atoms with van der Waals surface area (Å²) in [4.78, 5) is 25.3. The number of likely N-dealkylation sites (tertiary alicyclic amines) is 1. The predicted octanol–water partition coefficient (Wildman–Crippen LogP) is 2.53. The molecule has 0 N–H and O–H groups in total. The monoisotopic (exact) mass is 267 g/mol. The molecule has 1 aliphatic rings. The number of esters is 1. The standard InChI is InChI=1S/C15H25NO3/c1-4-12-6-7-14(17)16(10-8-12)11-9-13(5-2)15(18)19-3/h9,12H,4-8,10-11H2,1-3H3. The first kappa shape index (κ1) is 15.7. The molecule has 4 nitrogen and oxygen atoms in total. The van der Waals surface area contributed by atoms with Gasteiger partial charge in [-0.3, -0.25) is 4.79 Å². The first-order chi connectivity index (χ1) is 9.12. The van der Waals surface area contributed by atoms with Gasteiger partial charge in [-0.15, -0.1) is 0 Å². The van der Waals surface area contributed by atoms with Gasteiger partial charge >= 0.3 is 5.97 Å². The summed E-state index contributed by atoms with van der Waals surface area (Å²) in [6.45, 7) is 5.41. The van der Waals surface area contributed by atoms with Crippen molar-refractivity contribution in [1.29, 1.82) is 0 Å². The number of carbonyl (C=O) groups is 2. The van der Waals surface area contributed by atoms with Crippen LogP contribution in [0, 0.1) is 5.92 Å². The number of ether oxygens (including phenoxy) is 1. The Hall–Kier alpha value is -1.32. The van der Waals surface area contributed by atoms with Crippen molar-refractivity contribution in [1.82, 2.24) is 4.90 Å². The molecular formula is C15H25NO3. The maximum Gasteiger partial charge on any atom is 0.333 e. The summed E-state index contributed by atoms with van der Waals surface area (Å²) >= 11 is 0. The molecule has 1 atom stereocenters. The van der Waals surface area contributed by atoms with Crippen molar-refractivity contribution in [2.45, 2.75) is 46.0 Å². The van der Waals surface area contributed by atoms with Gasteiger partial charge in [-0.05, 0) is 25.2 Å². The molecule has 0 radical (unpaired) electrons. The zero-order valence-electron chi connectivity index (χ0n) is 12.3. The minimum atomic E-state index is -0.295. The summed E-state index contributed by atoms with van der Waals surface area (Å²) in [5.41, 5.74) is 0.645. The van der Waals surface area contributed by atoms with Crippen LogP contribution in [0.15, 0.2) is 11.6 Å². The Morgan fingerprint density at radius 3 is 2.74 bits per heavy atom. The third kappa shape index (κ3) is 4.69. The molecule has 4 heteroatoms. The highest BCUT2D eigenvalue weighted by Crippen LogP contribution is 2.21. The van der Waals surface area contributed by atoms with E-state index in [0.29, 0.717) is 30.9 Å². The lowest BCUT2D eigenvalue weighted by molar-refractivity contribution is -0.136. The van der Waals surface area contributed by atoms with Gasteiger partial charge in [0.25, 0.3) is 0 Å². The highest BCUT2D eigenvalue weighted by molar-refractivity contribution is 5.88. The van der Waals surface area contributed by atoms with Crippen molar-refractivity contribution in [3.8, 4) is 0 Å². The largest absolute Gasteiger partial charge is 0.466 e. The summed E-state index contributed by atoms with van der Waals surface area (Å²) in [5.74, 6) is 0.563. The van der Waals surface area contributed by atoms with Gasteiger partial charge in [-0.1, -0.05) is 26.3 Å². The van der Waals surface area contributed by atoms with Gasteiger partial charge in [0.15, 0.2) is 0 Å². The number of hydrogen-bond donors (Lipinski definition) is 0. The molecule has 0 aliphatic carbocycles. The van der Waals surface area contributed by atoms with Gasteiger partial charge in [-0.25, -0.2) is 4.79 Å². The molecule has 1 aliphatic heterocycles. The molecule has 1 unspecified atom stereocenters. The van der Waals surface area contributed by atoms with Gasteiger partial charge in [0.1, 0.15) is 0 Å². The van der Waals surface area contributed by atoms with E-state index < -0.39 is 0 Å². The SMILES string of the molecule is CCC(=CCN1CCC(CC)CCC1=O)C(=O)OC. The van der Waals surface area contributed by atoms with Crippen LogP contribution in [0.5, 0.6) is 0 Å². The first-order valence-electron chi connectivity index (χ1n) is 7.17. The number of nitrogens with zero attached hydrogens (tertiary/aromatic N) is 1. The van der Waals surface area contributed by atoms with E-state index in [9.17, 15) is 9.59 Å². The average Bonchev–Trinajstić information content (AvgIpc) is 2.61. The Labute approximate surface area is 115 Å². The van der Waals surface area contributed by atoms with Gasteiger partial charge in [0.05, 0.1) is 7.11 Å². The van der Waals surface area contributed by atoms with E-state index in [4.69, 9.17) is 4.74 Å². The quantitative estimate of drug-likeness (QED) is 0.568. The average molecular weight is 267 g/mol. The molecule has 1 saturated heterocycles. The van der Waals surface area contributed by atoms with Crippen molar-refractivity contribution in [2.75, 3.05) is 20.2 Å². The molecule has 0 bridgehead atoms. The molecule has 0 aromatic rings. The zero-order valence-corrected chi connectivity index (χ0v) is 12.3. The maximum absolute atomic E-state index is 12.0. The molecule has 0 spiro atoms. The van der Waals surface area contributed by atoms with E-state index in [2.05, 4.69) is 6.92 Å². The van der Waals surface area contributed by atoms with Crippen molar-refractivity contribution in [3.63, 3.8) is 0 Å². The Morgan fingerprint density at radius 1 is 1.42 bits per heavy atom. The second kappa shape index (κ2) is 7.97. The van der Waals surface area contributed by atoms with Crippen LogP contribution >= 0.6 is 0 Å². The number of methoxy groups -OCH3 is 1. The highest BCUT2D eigenvalue weighted by Gasteiger charge is 2.21. The first-order valence-corrected chi connectivity index (χ1v) is 7.17. The Kier molecular flexibility index (Phi) is 6.60. The van der Waals surface area contributed by atoms with Gasteiger partial charge < -0.3 is 9.64 Å². The molecule has 108 valence electrons. The van der Waals surface area contributed by atoms with E-state index >= 15 is 0 Å². The summed E-state index contributed by atoms with van der Waals surface area (Å²) in [7, 11) is 1.38. The summed E-state index contributed by atoms with van der Waals surface area (Å²) < 4.78 is 4.72. The van der Waals surface area contributed by atoms with Crippen LogP contribution < -0.4 is 0 Å². The number of amides is 1. The number of carbonyl (C=O) groups excluding carboxylic acids is 2. The Bertz CT molecular complexity index is 349. The molecule has 0 aromatic carbocycles. The third-order valence-electron chi connectivity index (χ3n) is 3.89. The molecule has 1 rings (SSSR count). The van der Waals surface area contributed by atoms with Crippen molar-refractivity contribution in [3.05, 3.63) is 11.6 Å². The maximum atomic E-state index is 12.0.